The molecule has 1 aromatic carbocycles. The summed E-state index contributed by atoms with van der Waals surface area (Å²) >= 11 is 13.6. The number of nitrogens with zero attached hydrogens (tertiary/aromatic N) is 2. The lowest BCUT2D eigenvalue weighted by Gasteiger charge is -2.34. The molecule has 1 fully saturated rings. The van der Waals surface area contributed by atoms with Gasteiger partial charge in [0.2, 0.25) is 5.91 Å². The van der Waals surface area contributed by atoms with Crippen LogP contribution in [0, 0.1) is 6.92 Å². The Balaban J connectivity index is 1.60. The highest BCUT2D eigenvalue weighted by Crippen LogP contribution is 2.34. The number of ether oxygens (including phenoxy) is 1. The van der Waals surface area contributed by atoms with Crippen molar-refractivity contribution in [3.8, 4) is 0 Å². The third kappa shape index (κ3) is 6.49. The number of halogens is 2. The standard InChI is InChI=1S/C23H28Cl2N4O4S/c1-13(2)33-23(32)19-14(3)20(21(26)31)34-22(19)27-18(30)12-29-9-7-28(8-10-29)11-15-16(24)5-4-6-17(15)25/h4-6,13H,7-12H2,1-3H3,(H2,26,31)(H,27,30). The van der Waals surface area contributed by atoms with Gasteiger partial charge < -0.3 is 15.8 Å². The van der Waals surface area contributed by atoms with Crippen molar-refractivity contribution in [3.05, 3.63) is 49.8 Å². The van der Waals surface area contributed by atoms with Crippen LogP contribution in [0.15, 0.2) is 18.2 Å². The van der Waals surface area contributed by atoms with E-state index >= 15 is 0 Å². The van der Waals surface area contributed by atoms with E-state index < -0.39 is 11.9 Å². The molecule has 0 radical (unpaired) electrons. The van der Waals surface area contributed by atoms with Crippen molar-refractivity contribution < 1.29 is 19.1 Å². The molecular weight excluding hydrogens is 499 g/mol. The number of carbonyl (C=O) groups is 3. The number of anilines is 1. The summed E-state index contributed by atoms with van der Waals surface area (Å²) in [5, 5.41) is 4.33. The molecule has 0 unspecified atom stereocenters. The summed E-state index contributed by atoms with van der Waals surface area (Å²) in [4.78, 5) is 41.6. The monoisotopic (exact) mass is 526 g/mol. The number of esters is 1. The summed E-state index contributed by atoms with van der Waals surface area (Å²) in [6.07, 6.45) is -0.343. The van der Waals surface area contributed by atoms with Gasteiger partial charge in [0, 0.05) is 48.3 Å². The molecule has 1 aromatic heterocycles. The number of piperazine rings is 1. The second-order valence-corrected chi connectivity index (χ2v) is 10.2. The zero-order valence-electron chi connectivity index (χ0n) is 19.3. The molecular formula is C23H28Cl2N4O4S. The Labute approximate surface area is 212 Å². The Hall–Kier alpha value is -2.17. The molecule has 1 aliphatic rings. The second kappa shape index (κ2) is 11.5. The Bertz CT molecular complexity index is 1060. The molecule has 1 aliphatic heterocycles. The van der Waals surface area contributed by atoms with Crippen LogP contribution in [0.25, 0.3) is 0 Å². The summed E-state index contributed by atoms with van der Waals surface area (Å²) in [5.74, 6) is -1.53. The first-order valence-electron chi connectivity index (χ1n) is 10.9. The van der Waals surface area contributed by atoms with Crippen molar-refractivity contribution in [2.75, 3.05) is 38.0 Å². The smallest absolute Gasteiger partial charge is 0.341 e. The maximum absolute atomic E-state index is 12.8. The number of rotatable bonds is 8. The Morgan fingerprint density at radius 2 is 1.71 bits per heavy atom. The first kappa shape index (κ1) is 26.4. The van der Waals surface area contributed by atoms with Gasteiger partial charge in [-0.15, -0.1) is 11.3 Å². The third-order valence-electron chi connectivity index (χ3n) is 5.45. The number of nitrogens with one attached hydrogen (secondary N) is 1. The van der Waals surface area contributed by atoms with Crippen molar-refractivity contribution in [1.29, 1.82) is 0 Å². The van der Waals surface area contributed by atoms with Gasteiger partial charge >= 0.3 is 5.97 Å². The van der Waals surface area contributed by atoms with E-state index in [0.29, 0.717) is 35.2 Å². The van der Waals surface area contributed by atoms with E-state index in [-0.39, 0.29) is 34.0 Å². The fourth-order valence-electron chi connectivity index (χ4n) is 3.74. The van der Waals surface area contributed by atoms with Crippen molar-refractivity contribution in [3.63, 3.8) is 0 Å². The number of amides is 2. The Morgan fingerprint density at radius 3 is 2.26 bits per heavy atom. The van der Waals surface area contributed by atoms with Gasteiger partial charge in [0.05, 0.1) is 23.1 Å². The molecule has 0 spiro atoms. The molecule has 0 saturated carbocycles. The molecule has 0 bridgehead atoms. The highest BCUT2D eigenvalue weighted by molar-refractivity contribution is 7.18. The van der Waals surface area contributed by atoms with Gasteiger partial charge in [-0.3, -0.25) is 19.4 Å². The van der Waals surface area contributed by atoms with Gasteiger partial charge in [0.25, 0.3) is 5.91 Å². The average Bonchev–Trinajstić information content (AvgIpc) is 3.07. The van der Waals surface area contributed by atoms with Gasteiger partial charge in [0.15, 0.2) is 0 Å². The molecule has 0 atom stereocenters. The quantitative estimate of drug-likeness (QED) is 0.507. The predicted molar refractivity (Wildman–Crippen MR) is 135 cm³/mol. The molecule has 34 heavy (non-hydrogen) atoms. The van der Waals surface area contributed by atoms with Crippen molar-refractivity contribution in [2.45, 2.75) is 33.4 Å². The summed E-state index contributed by atoms with van der Waals surface area (Å²) < 4.78 is 5.29. The number of carbonyl (C=O) groups excluding carboxylic acids is 3. The van der Waals surface area contributed by atoms with Crippen LogP contribution in [-0.4, -0.2) is 66.4 Å². The molecule has 8 nitrogen and oxygen atoms in total. The number of hydrogen-bond acceptors (Lipinski definition) is 7. The van der Waals surface area contributed by atoms with E-state index in [9.17, 15) is 14.4 Å². The second-order valence-electron chi connectivity index (χ2n) is 8.38. The first-order valence-corrected chi connectivity index (χ1v) is 12.5. The maximum atomic E-state index is 12.8. The third-order valence-corrected chi connectivity index (χ3v) is 7.38. The minimum atomic E-state index is -0.656. The van der Waals surface area contributed by atoms with Gasteiger partial charge in [-0.1, -0.05) is 29.3 Å². The number of primary amides is 1. The normalized spacial score (nSPS) is 14.9. The predicted octanol–water partition coefficient (Wildman–Crippen LogP) is 3.78. The maximum Gasteiger partial charge on any atom is 0.341 e. The van der Waals surface area contributed by atoms with Crippen molar-refractivity contribution >= 4 is 57.3 Å². The van der Waals surface area contributed by atoms with Crippen molar-refractivity contribution in [2.24, 2.45) is 5.73 Å². The first-order chi connectivity index (χ1) is 16.1. The summed E-state index contributed by atoms with van der Waals surface area (Å²) in [6.45, 7) is 8.76. The fraction of sp³-hybridized carbons (Fsp3) is 0.435. The van der Waals surface area contributed by atoms with E-state index in [1.807, 2.05) is 23.1 Å². The van der Waals surface area contributed by atoms with Crippen LogP contribution in [0.1, 0.15) is 45.0 Å². The molecule has 3 N–H and O–H groups in total. The Kier molecular flexibility index (Phi) is 8.95. The minimum absolute atomic E-state index is 0.155. The zero-order valence-corrected chi connectivity index (χ0v) is 21.6. The van der Waals surface area contributed by atoms with Crippen LogP contribution < -0.4 is 11.1 Å². The van der Waals surface area contributed by atoms with Crippen LogP contribution in [0.4, 0.5) is 5.00 Å². The molecule has 0 aliphatic carbocycles. The average molecular weight is 527 g/mol. The Morgan fingerprint density at radius 1 is 1.12 bits per heavy atom. The largest absolute Gasteiger partial charge is 0.459 e. The summed E-state index contributed by atoms with van der Waals surface area (Å²) in [7, 11) is 0. The zero-order chi connectivity index (χ0) is 25.0. The number of nitrogens with two attached hydrogens (primary N) is 1. The van der Waals surface area contributed by atoms with Crippen LogP contribution in [0.3, 0.4) is 0 Å². The molecule has 2 amide bonds. The van der Waals surface area contributed by atoms with Crippen LogP contribution in [0.5, 0.6) is 0 Å². The lowest BCUT2D eigenvalue weighted by Crippen LogP contribution is -2.48. The van der Waals surface area contributed by atoms with Crippen LogP contribution in [-0.2, 0) is 16.1 Å². The van der Waals surface area contributed by atoms with E-state index in [4.69, 9.17) is 33.7 Å². The fourth-order valence-corrected chi connectivity index (χ4v) is 5.32. The van der Waals surface area contributed by atoms with E-state index in [0.717, 1.165) is 30.0 Å². The van der Waals surface area contributed by atoms with Gasteiger partial charge in [-0.25, -0.2) is 4.79 Å². The molecule has 11 heteroatoms. The molecule has 184 valence electrons. The van der Waals surface area contributed by atoms with Crippen LogP contribution in [0.2, 0.25) is 10.0 Å². The van der Waals surface area contributed by atoms with Gasteiger partial charge in [-0.2, -0.15) is 0 Å². The number of benzene rings is 1. The number of hydrogen-bond donors (Lipinski definition) is 2. The van der Waals surface area contributed by atoms with E-state index in [1.54, 1.807) is 20.8 Å². The van der Waals surface area contributed by atoms with Crippen molar-refractivity contribution in [1.82, 2.24) is 9.80 Å². The summed E-state index contributed by atoms with van der Waals surface area (Å²) in [5.41, 5.74) is 6.92. The lowest BCUT2D eigenvalue weighted by molar-refractivity contribution is -0.117. The van der Waals surface area contributed by atoms with Gasteiger partial charge in [-0.05, 0) is 38.5 Å². The highest BCUT2D eigenvalue weighted by atomic mass is 35.5. The lowest BCUT2D eigenvalue weighted by atomic mass is 10.1. The summed E-state index contributed by atoms with van der Waals surface area (Å²) in [6, 6.07) is 5.47. The molecule has 1 saturated heterocycles. The number of thiophene rings is 1. The van der Waals surface area contributed by atoms with Gasteiger partial charge in [0.1, 0.15) is 5.00 Å². The van der Waals surface area contributed by atoms with E-state index in [1.165, 1.54) is 0 Å². The van der Waals surface area contributed by atoms with Crippen LogP contribution >= 0.6 is 34.5 Å². The molecule has 3 rings (SSSR count). The molecule has 2 heterocycles. The minimum Gasteiger partial charge on any atom is -0.459 e. The van der Waals surface area contributed by atoms with E-state index in [2.05, 4.69) is 10.2 Å². The SMILES string of the molecule is Cc1c(C(N)=O)sc(NC(=O)CN2CCN(Cc3c(Cl)cccc3Cl)CC2)c1C(=O)OC(C)C. The topological polar surface area (TPSA) is 105 Å². The highest BCUT2D eigenvalue weighted by Gasteiger charge is 2.27. The molecule has 2 aromatic rings.